The van der Waals surface area contributed by atoms with Gasteiger partial charge in [0, 0.05) is 49.5 Å². The highest BCUT2D eigenvalue weighted by molar-refractivity contribution is 6.90. The van der Waals surface area contributed by atoms with Gasteiger partial charge in [0.25, 0.3) is 0 Å². The number of nitrogens with zero attached hydrogens (tertiary/aromatic N) is 2. The molecule has 0 saturated carbocycles. The molecule has 10 aromatic rings. The second kappa shape index (κ2) is 12.4. The molecule has 60 heavy (non-hydrogen) atoms. The van der Waals surface area contributed by atoms with E-state index in [1.54, 1.807) is 0 Å². The van der Waals surface area contributed by atoms with Crippen molar-refractivity contribution in [1.29, 1.82) is 0 Å². The van der Waals surface area contributed by atoms with Crippen LogP contribution in [-0.2, 0) is 10.8 Å². The smallest absolute Gasteiger partial charge is 0.333 e. The molecule has 2 aliphatic heterocycles. The Morgan fingerprint density at radius 2 is 1.12 bits per heavy atom. The molecular formula is C56H45BN2O. The quantitative estimate of drug-likeness (QED) is 0.167. The predicted molar refractivity (Wildman–Crippen MR) is 256 cm³/mol. The first kappa shape index (κ1) is 35.2. The molecule has 4 heterocycles. The molecule has 0 bridgehead atoms. The van der Waals surface area contributed by atoms with Gasteiger partial charge < -0.3 is 13.8 Å². The minimum absolute atomic E-state index is 0.00745. The average Bonchev–Trinajstić information content (AvgIpc) is 3.80. The van der Waals surface area contributed by atoms with Crippen LogP contribution in [0.2, 0.25) is 0 Å². The van der Waals surface area contributed by atoms with E-state index in [2.05, 4.69) is 215 Å². The summed E-state index contributed by atoms with van der Waals surface area (Å²) in [6, 6.07) is 60.9. The van der Waals surface area contributed by atoms with Gasteiger partial charge in [0.05, 0.1) is 5.69 Å². The van der Waals surface area contributed by atoms with Crippen LogP contribution >= 0.6 is 0 Å². The number of hydrogen-bond donors (Lipinski definition) is 0. The standard InChI is InChI=1S/C56H45BN2O/c1-55(2,3)38-24-28-48-42(30-38)44-31-39(56(4,5)6)32-45-43-33-46-41-19-13-14-20-50(41)60-54(46)53-51(43)57(59(48)52(44)45)47-29-37(35-17-11-8-12-18-35)23-27-49(47)58(53)40-25-21-36(22-26-40)34-15-9-7-10-16-34/h7-33H,1-6H3. The number of rotatable bonds is 3. The Morgan fingerprint density at radius 3 is 1.83 bits per heavy atom. The molecular weight excluding hydrogens is 727 g/mol. The maximum atomic E-state index is 7.09. The van der Waals surface area contributed by atoms with Crippen molar-refractivity contribution in [2.75, 3.05) is 4.90 Å². The molecule has 2 aromatic heterocycles. The van der Waals surface area contributed by atoms with E-state index < -0.39 is 0 Å². The van der Waals surface area contributed by atoms with Gasteiger partial charge in [-0.1, -0.05) is 151 Å². The van der Waals surface area contributed by atoms with E-state index in [0.717, 1.165) is 39.0 Å². The zero-order chi connectivity index (χ0) is 40.7. The highest BCUT2D eigenvalue weighted by atomic mass is 16.3. The summed E-state index contributed by atoms with van der Waals surface area (Å²) in [5, 5.41) is 4.91. The van der Waals surface area contributed by atoms with E-state index in [9.17, 15) is 0 Å². The van der Waals surface area contributed by atoms with Gasteiger partial charge in [-0.25, -0.2) is 0 Å². The molecule has 288 valence electrons. The summed E-state index contributed by atoms with van der Waals surface area (Å²) in [6.45, 7) is 13.9. The highest BCUT2D eigenvalue weighted by Crippen LogP contribution is 2.51. The molecule has 0 unspecified atom stereocenters. The van der Waals surface area contributed by atoms with Crippen molar-refractivity contribution in [3.8, 4) is 33.4 Å². The monoisotopic (exact) mass is 772 g/mol. The molecule has 3 nitrogen and oxygen atoms in total. The Balaban J connectivity index is 1.26. The molecule has 0 amide bonds. The zero-order valence-corrected chi connectivity index (χ0v) is 35.0. The zero-order valence-electron chi connectivity index (χ0n) is 35.0. The third-order valence-electron chi connectivity index (χ3n) is 13.3. The number of benzene rings is 8. The number of hydrogen-bond acceptors (Lipinski definition) is 2. The normalized spacial score (nSPS) is 13.4. The fourth-order valence-electron chi connectivity index (χ4n) is 10.2. The highest BCUT2D eigenvalue weighted by Gasteiger charge is 2.45. The fraction of sp³-hybridized carbons (Fsp3) is 0.143. The summed E-state index contributed by atoms with van der Waals surface area (Å²) in [6.07, 6.45) is 0. The summed E-state index contributed by atoms with van der Waals surface area (Å²) in [7, 11) is 0. The van der Waals surface area contributed by atoms with Gasteiger partial charge in [0.2, 0.25) is 0 Å². The Hall–Kier alpha value is -6.78. The van der Waals surface area contributed by atoms with Crippen molar-refractivity contribution in [2.45, 2.75) is 52.4 Å². The lowest BCUT2D eigenvalue weighted by Gasteiger charge is -2.40. The summed E-state index contributed by atoms with van der Waals surface area (Å²) < 4.78 is 9.77. The van der Waals surface area contributed by atoms with E-state index in [1.807, 2.05) is 0 Å². The van der Waals surface area contributed by atoms with Crippen LogP contribution in [0.5, 0.6) is 0 Å². The molecule has 2 aliphatic rings. The summed E-state index contributed by atoms with van der Waals surface area (Å²) in [5.74, 6) is 0. The molecule has 0 saturated heterocycles. The van der Waals surface area contributed by atoms with Crippen LogP contribution in [-0.4, -0.2) is 11.3 Å². The summed E-state index contributed by atoms with van der Waals surface area (Å²) in [4.78, 5) is 2.50. The van der Waals surface area contributed by atoms with E-state index in [4.69, 9.17) is 4.42 Å². The predicted octanol–water partition coefficient (Wildman–Crippen LogP) is 14.0. The number of para-hydroxylation sites is 1. The second-order valence-corrected chi connectivity index (χ2v) is 19.0. The van der Waals surface area contributed by atoms with Crippen LogP contribution in [0, 0.1) is 0 Å². The molecule has 0 aliphatic carbocycles. The maximum absolute atomic E-state index is 7.09. The van der Waals surface area contributed by atoms with E-state index >= 15 is 0 Å². The number of furan rings is 1. The number of fused-ring (bicyclic) bond motifs is 11. The molecule has 0 fully saturated rings. The van der Waals surface area contributed by atoms with Gasteiger partial charge >= 0.3 is 6.85 Å². The third-order valence-corrected chi connectivity index (χ3v) is 13.3. The van der Waals surface area contributed by atoms with Gasteiger partial charge in [-0.2, -0.15) is 0 Å². The molecule has 8 aromatic carbocycles. The molecule has 0 spiro atoms. The van der Waals surface area contributed by atoms with Crippen molar-refractivity contribution in [1.82, 2.24) is 4.48 Å². The van der Waals surface area contributed by atoms with Crippen molar-refractivity contribution in [3.05, 3.63) is 175 Å². The minimum atomic E-state index is -0.111. The van der Waals surface area contributed by atoms with Crippen molar-refractivity contribution < 1.29 is 4.42 Å². The Bertz CT molecular complexity index is 3380. The second-order valence-electron chi connectivity index (χ2n) is 19.0. The van der Waals surface area contributed by atoms with Crippen molar-refractivity contribution >= 4 is 78.6 Å². The maximum Gasteiger partial charge on any atom is 0.333 e. The first-order valence-corrected chi connectivity index (χ1v) is 21.3. The molecule has 0 N–H and O–H groups in total. The van der Waals surface area contributed by atoms with Gasteiger partial charge in [-0.15, -0.1) is 0 Å². The number of anilines is 3. The first-order valence-electron chi connectivity index (χ1n) is 21.3. The first-order chi connectivity index (χ1) is 29.0. The van der Waals surface area contributed by atoms with Gasteiger partial charge in [-0.3, -0.25) is 0 Å². The van der Waals surface area contributed by atoms with E-state index in [1.165, 1.54) is 77.2 Å². The van der Waals surface area contributed by atoms with Crippen LogP contribution in [0.1, 0.15) is 52.7 Å². The van der Waals surface area contributed by atoms with Crippen LogP contribution in [0.15, 0.2) is 168 Å². The van der Waals surface area contributed by atoms with Crippen LogP contribution in [0.4, 0.5) is 17.1 Å². The number of aromatic nitrogens is 1. The summed E-state index contributed by atoms with van der Waals surface area (Å²) >= 11 is 0. The molecule has 0 atom stereocenters. The van der Waals surface area contributed by atoms with Gasteiger partial charge in [0.15, 0.2) is 5.58 Å². The van der Waals surface area contributed by atoms with Crippen LogP contribution in [0.3, 0.4) is 0 Å². The van der Waals surface area contributed by atoms with Gasteiger partial charge in [0.1, 0.15) is 5.58 Å². The molecule has 0 radical (unpaired) electrons. The van der Waals surface area contributed by atoms with Gasteiger partial charge in [-0.05, 0) is 115 Å². The lowest BCUT2D eigenvalue weighted by Crippen LogP contribution is -2.56. The Labute approximate surface area is 351 Å². The van der Waals surface area contributed by atoms with E-state index in [-0.39, 0.29) is 17.7 Å². The van der Waals surface area contributed by atoms with Crippen molar-refractivity contribution in [3.63, 3.8) is 0 Å². The Morgan fingerprint density at radius 1 is 0.483 bits per heavy atom. The Kier molecular flexibility index (Phi) is 7.26. The SMILES string of the molecule is CC(C)(C)c1ccc2c(c1)c1cc(C(C)(C)C)cc3c1n2B1c2cc(-c4ccccc4)ccc2N(c2ccc(-c4ccccc4)cc2)c2c1c-3cc1c2oc2ccccc21. The third kappa shape index (κ3) is 5.03. The fourth-order valence-corrected chi connectivity index (χ4v) is 10.2. The molecule has 4 heteroatoms. The van der Waals surface area contributed by atoms with Crippen LogP contribution in [0.25, 0.3) is 77.1 Å². The minimum Gasteiger partial charge on any atom is -0.454 e. The van der Waals surface area contributed by atoms with E-state index in [0.29, 0.717) is 0 Å². The average molecular weight is 773 g/mol. The topological polar surface area (TPSA) is 21.3 Å². The lowest BCUT2D eigenvalue weighted by molar-refractivity contribution is 0.590. The van der Waals surface area contributed by atoms with Crippen LogP contribution < -0.4 is 15.8 Å². The largest absolute Gasteiger partial charge is 0.454 e. The summed E-state index contributed by atoms with van der Waals surface area (Å²) in [5.41, 5.74) is 20.3. The lowest BCUT2D eigenvalue weighted by atomic mass is 9.44. The van der Waals surface area contributed by atoms with Crippen molar-refractivity contribution in [2.24, 2.45) is 0 Å². The molecule has 12 rings (SSSR count).